The molecule has 0 aromatic carbocycles. The van der Waals surface area contributed by atoms with Crippen LogP contribution in [0.3, 0.4) is 0 Å². The van der Waals surface area contributed by atoms with Crippen molar-refractivity contribution in [3.05, 3.63) is 0 Å². The third-order valence-electron chi connectivity index (χ3n) is 3.06. The number of hydrogen-bond donors (Lipinski definition) is 1. The summed E-state index contributed by atoms with van der Waals surface area (Å²) in [6.45, 7) is 7.02. The van der Waals surface area contributed by atoms with Crippen LogP contribution in [0.5, 0.6) is 0 Å². The van der Waals surface area contributed by atoms with Crippen molar-refractivity contribution in [1.29, 1.82) is 0 Å². The van der Waals surface area contributed by atoms with Crippen molar-refractivity contribution >= 4 is 0 Å². The smallest absolute Gasteiger partial charge is 0.0133 e. The fourth-order valence-corrected chi connectivity index (χ4v) is 2.34. The molecule has 0 amide bonds. The zero-order valence-corrected chi connectivity index (χ0v) is 9.51. The first-order valence-corrected chi connectivity index (χ1v) is 5.50. The normalized spacial score (nSPS) is 28.2. The summed E-state index contributed by atoms with van der Waals surface area (Å²) in [4.78, 5) is 2.54. The predicted octanol–water partition coefficient (Wildman–Crippen LogP) is 1.57. The van der Waals surface area contributed by atoms with E-state index in [1.54, 1.807) is 0 Å². The minimum absolute atomic E-state index is 0.792. The van der Waals surface area contributed by atoms with Gasteiger partial charge >= 0.3 is 0 Å². The maximum absolute atomic E-state index is 3.28. The molecule has 0 spiro atoms. The van der Waals surface area contributed by atoms with Gasteiger partial charge in [0.15, 0.2) is 0 Å². The Labute approximate surface area is 82.7 Å². The Morgan fingerprint density at radius 2 is 2.08 bits per heavy atom. The van der Waals surface area contributed by atoms with Crippen LogP contribution in [0.1, 0.15) is 26.7 Å². The predicted molar refractivity (Wildman–Crippen MR) is 57.9 cm³/mol. The highest BCUT2D eigenvalue weighted by molar-refractivity contribution is 4.88. The molecule has 1 fully saturated rings. The highest BCUT2D eigenvalue weighted by Crippen LogP contribution is 2.31. The molecule has 0 aromatic rings. The minimum atomic E-state index is 0.792. The van der Waals surface area contributed by atoms with Crippen molar-refractivity contribution in [3.63, 3.8) is 0 Å². The quantitative estimate of drug-likeness (QED) is 0.698. The van der Waals surface area contributed by atoms with Crippen molar-refractivity contribution in [2.24, 2.45) is 11.8 Å². The van der Waals surface area contributed by atoms with Gasteiger partial charge in [-0.15, -0.1) is 0 Å². The van der Waals surface area contributed by atoms with E-state index in [0.717, 1.165) is 17.9 Å². The standard InChI is InChI=1S/C11H24N2/c1-9(2)8-13(4)11-6-5-10(11)7-12-3/h9-12H,5-8H2,1-4H3. The molecule has 2 unspecified atom stereocenters. The first kappa shape index (κ1) is 11.0. The van der Waals surface area contributed by atoms with Gasteiger partial charge < -0.3 is 10.2 Å². The third kappa shape index (κ3) is 2.96. The Balaban J connectivity index is 2.26. The van der Waals surface area contributed by atoms with Crippen LogP contribution >= 0.6 is 0 Å². The van der Waals surface area contributed by atoms with Crippen LogP contribution in [0.15, 0.2) is 0 Å². The summed E-state index contributed by atoms with van der Waals surface area (Å²) in [5.41, 5.74) is 0. The zero-order chi connectivity index (χ0) is 9.84. The van der Waals surface area contributed by atoms with Crippen LogP contribution in [0.4, 0.5) is 0 Å². The van der Waals surface area contributed by atoms with Crippen molar-refractivity contribution in [1.82, 2.24) is 10.2 Å². The highest BCUT2D eigenvalue weighted by atomic mass is 15.1. The summed E-state index contributed by atoms with van der Waals surface area (Å²) in [7, 11) is 4.32. The molecule has 0 aliphatic heterocycles. The molecule has 1 aliphatic carbocycles. The molecule has 0 saturated heterocycles. The molecule has 1 rings (SSSR count). The molecule has 0 radical (unpaired) electrons. The molecule has 1 N–H and O–H groups in total. The topological polar surface area (TPSA) is 15.3 Å². The van der Waals surface area contributed by atoms with E-state index in [-0.39, 0.29) is 0 Å². The zero-order valence-electron chi connectivity index (χ0n) is 9.51. The van der Waals surface area contributed by atoms with Crippen molar-refractivity contribution in [2.45, 2.75) is 32.7 Å². The van der Waals surface area contributed by atoms with Gasteiger partial charge in [-0.1, -0.05) is 13.8 Å². The first-order valence-electron chi connectivity index (χ1n) is 5.50. The molecule has 2 heteroatoms. The highest BCUT2D eigenvalue weighted by Gasteiger charge is 2.32. The molecule has 2 atom stereocenters. The molecule has 13 heavy (non-hydrogen) atoms. The van der Waals surface area contributed by atoms with E-state index in [1.165, 1.54) is 25.9 Å². The van der Waals surface area contributed by atoms with Gasteiger partial charge in [0.2, 0.25) is 0 Å². The van der Waals surface area contributed by atoms with E-state index in [1.807, 2.05) is 0 Å². The fourth-order valence-electron chi connectivity index (χ4n) is 2.34. The van der Waals surface area contributed by atoms with Crippen molar-refractivity contribution in [3.8, 4) is 0 Å². The summed E-state index contributed by atoms with van der Waals surface area (Å²) >= 11 is 0. The lowest BCUT2D eigenvalue weighted by Gasteiger charge is -2.43. The largest absolute Gasteiger partial charge is 0.319 e. The van der Waals surface area contributed by atoms with Gasteiger partial charge in [0.1, 0.15) is 0 Å². The van der Waals surface area contributed by atoms with Crippen LogP contribution in [-0.4, -0.2) is 38.1 Å². The molecule has 78 valence electrons. The number of rotatable bonds is 5. The molecule has 0 bridgehead atoms. The van der Waals surface area contributed by atoms with Gasteiger partial charge in [-0.25, -0.2) is 0 Å². The molecule has 0 aromatic heterocycles. The Morgan fingerprint density at radius 3 is 2.46 bits per heavy atom. The second-order valence-corrected chi connectivity index (χ2v) is 4.80. The van der Waals surface area contributed by atoms with E-state index in [2.05, 4.69) is 38.2 Å². The second-order valence-electron chi connectivity index (χ2n) is 4.80. The summed E-state index contributed by atoms with van der Waals surface area (Å²) in [6.07, 6.45) is 2.81. The van der Waals surface area contributed by atoms with Crippen LogP contribution in [0.2, 0.25) is 0 Å². The number of hydrogen-bond acceptors (Lipinski definition) is 2. The monoisotopic (exact) mass is 184 g/mol. The van der Waals surface area contributed by atoms with Crippen LogP contribution in [0.25, 0.3) is 0 Å². The number of nitrogens with one attached hydrogen (secondary N) is 1. The fraction of sp³-hybridized carbons (Fsp3) is 1.00. The Bertz CT molecular complexity index is 145. The molecular formula is C11H24N2. The van der Waals surface area contributed by atoms with Gasteiger partial charge in [-0.2, -0.15) is 0 Å². The third-order valence-corrected chi connectivity index (χ3v) is 3.06. The van der Waals surface area contributed by atoms with Crippen LogP contribution in [0, 0.1) is 11.8 Å². The van der Waals surface area contributed by atoms with Crippen LogP contribution in [-0.2, 0) is 0 Å². The maximum atomic E-state index is 3.28. The van der Waals surface area contributed by atoms with Gasteiger partial charge in [-0.3, -0.25) is 0 Å². The lowest BCUT2D eigenvalue weighted by atomic mass is 9.78. The van der Waals surface area contributed by atoms with Gasteiger partial charge in [0.25, 0.3) is 0 Å². The summed E-state index contributed by atoms with van der Waals surface area (Å²) < 4.78 is 0. The lowest BCUT2D eigenvalue weighted by molar-refractivity contribution is 0.0760. The van der Waals surface area contributed by atoms with Crippen LogP contribution < -0.4 is 5.32 Å². The van der Waals surface area contributed by atoms with E-state index in [0.29, 0.717) is 0 Å². The average Bonchev–Trinajstić information content (AvgIpc) is 1.96. The van der Waals surface area contributed by atoms with Crippen molar-refractivity contribution < 1.29 is 0 Å². The SMILES string of the molecule is CNCC1CCC1N(C)CC(C)C. The maximum Gasteiger partial charge on any atom is 0.0133 e. The minimum Gasteiger partial charge on any atom is -0.319 e. The summed E-state index contributed by atoms with van der Waals surface area (Å²) in [5.74, 6) is 1.69. The number of nitrogens with zero attached hydrogens (tertiary/aromatic N) is 1. The molecule has 2 nitrogen and oxygen atoms in total. The molecular weight excluding hydrogens is 160 g/mol. The van der Waals surface area contributed by atoms with Gasteiger partial charge in [0, 0.05) is 12.6 Å². The van der Waals surface area contributed by atoms with Gasteiger partial charge in [-0.05, 0) is 45.3 Å². The Kier molecular flexibility index (Phi) is 4.20. The molecule has 0 heterocycles. The average molecular weight is 184 g/mol. The molecule has 1 aliphatic rings. The van der Waals surface area contributed by atoms with E-state index >= 15 is 0 Å². The second kappa shape index (κ2) is 4.97. The summed E-state index contributed by atoms with van der Waals surface area (Å²) in [6, 6.07) is 0.842. The van der Waals surface area contributed by atoms with Gasteiger partial charge in [0.05, 0.1) is 0 Å². The first-order chi connectivity index (χ1) is 6.15. The Morgan fingerprint density at radius 1 is 1.38 bits per heavy atom. The van der Waals surface area contributed by atoms with E-state index in [9.17, 15) is 0 Å². The molecule has 1 saturated carbocycles. The van der Waals surface area contributed by atoms with E-state index < -0.39 is 0 Å². The lowest BCUT2D eigenvalue weighted by Crippen LogP contribution is -2.49. The van der Waals surface area contributed by atoms with Crippen molar-refractivity contribution in [2.75, 3.05) is 27.2 Å². The van der Waals surface area contributed by atoms with E-state index in [4.69, 9.17) is 0 Å². The Hall–Kier alpha value is -0.0800. The summed E-state index contributed by atoms with van der Waals surface area (Å²) in [5, 5.41) is 3.28.